The number of hydrogen-bond acceptors (Lipinski definition) is 5. The van der Waals surface area contributed by atoms with Gasteiger partial charge in [-0.15, -0.1) is 0 Å². The molecule has 1 fully saturated rings. The van der Waals surface area contributed by atoms with Gasteiger partial charge in [-0.1, -0.05) is 36.6 Å². The van der Waals surface area contributed by atoms with Gasteiger partial charge < -0.3 is 5.32 Å². The molecule has 0 aliphatic carbocycles. The van der Waals surface area contributed by atoms with Crippen molar-refractivity contribution in [3.63, 3.8) is 0 Å². The smallest absolute Gasteiger partial charge is 0.243 e. The number of hydrogen-bond donors (Lipinski definition) is 2. The first kappa shape index (κ1) is 23.4. The number of benzene rings is 2. The van der Waals surface area contributed by atoms with Crippen molar-refractivity contribution in [2.45, 2.75) is 42.4 Å². The molecule has 2 aromatic carbocycles. The molecule has 2 aromatic rings. The first-order valence-corrected chi connectivity index (χ1v) is 13.1. The van der Waals surface area contributed by atoms with E-state index in [1.165, 1.54) is 28.6 Å². The number of aryl methyl sites for hydroxylation is 1. The van der Waals surface area contributed by atoms with Crippen LogP contribution in [0.15, 0.2) is 58.3 Å². The van der Waals surface area contributed by atoms with Crippen LogP contribution < -0.4 is 10.0 Å². The van der Waals surface area contributed by atoms with Crippen LogP contribution in [0.1, 0.15) is 31.2 Å². The molecule has 1 amide bonds. The maximum atomic E-state index is 12.9. The maximum Gasteiger partial charge on any atom is 0.243 e. The molecule has 1 aliphatic rings. The molecule has 31 heavy (non-hydrogen) atoms. The highest BCUT2D eigenvalue weighted by molar-refractivity contribution is 7.89. The van der Waals surface area contributed by atoms with Crippen molar-refractivity contribution >= 4 is 31.6 Å². The largest absolute Gasteiger partial charge is 0.325 e. The summed E-state index contributed by atoms with van der Waals surface area (Å²) in [5.41, 5.74) is 1.21. The van der Waals surface area contributed by atoms with E-state index in [4.69, 9.17) is 0 Å². The van der Waals surface area contributed by atoms with Gasteiger partial charge in [0.25, 0.3) is 0 Å². The second kappa shape index (κ2) is 9.90. The highest BCUT2D eigenvalue weighted by Gasteiger charge is 2.25. The second-order valence-corrected chi connectivity index (χ2v) is 11.2. The Morgan fingerprint density at radius 1 is 0.903 bits per heavy atom. The summed E-state index contributed by atoms with van der Waals surface area (Å²) in [7, 11) is -7.48. The minimum absolute atomic E-state index is 0.0661. The van der Waals surface area contributed by atoms with Crippen LogP contribution >= 0.6 is 0 Å². The minimum Gasteiger partial charge on any atom is -0.325 e. The Morgan fingerprint density at radius 2 is 1.55 bits per heavy atom. The monoisotopic (exact) mass is 465 g/mol. The molecule has 2 N–H and O–H groups in total. The van der Waals surface area contributed by atoms with Crippen molar-refractivity contribution in [2.24, 2.45) is 0 Å². The minimum atomic E-state index is -3.83. The van der Waals surface area contributed by atoms with Gasteiger partial charge in [0, 0.05) is 18.8 Å². The fourth-order valence-electron chi connectivity index (χ4n) is 3.33. The summed E-state index contributed by atoms with van der Waals surface area (Å²) in [6.07, 6.45) is 3.69. The van der Waals surface area contributed by atoms with Gasteiger partial charge in [0.15, 0.2) is 0 Å². The summed E-state index contributed by atoms with van der Waals surface area (Å²) in [4.78, 5) is 12.4. The van der Waals surface area contributed by atoms with Crippen LogP contribution in [-0.4, -0.2) is 46.7 Å². The Kier molecular flexibility index (Phi) is 7.47. The zero-order valence-corrected chi connectivity index (χ0v) is 19.0. The normalized spacial score (nSPS) is 15.9. The van der Waals surface area contributed by atoms with Crippen molar-refractivity contribution in [1.82, 2.24) is 9.03 Å². The molecule has 0 unspecified atom stereocenters. The number of nitrogens with zero attached hydrogens (tertiary/aromatic N) is 1. The van der Waals surface area contributed by atoms with Gasteiger partial charge in [0.05, 0.1) is 16.3 Å². The number of rotatable bonds is 7. The summed E-state index contributed by atoms with van der Waals surface area (Å²) < 4.78 is 54.2. The maximum absolute atomic E-state index is 12.9. The van der Waals surface area contributed by atoms with Gasteiger partial charge in [0.2, 0.25) is 26.0 Å². The Balaban J connectivity index is 1.65. The summed E-state index contributed by atoms with van der Waals surface area (Å²) in [6.45, 7) is 2.34. The van der Waals surface area contributed by atoms with Crippen molar-refractivity contribution in [3.05, 3.63) is 54.1 Å². The van der Waals surface area contributed by atoms with Gasteiger partial charge in [-0.3, -0.25) is 4.79 Å². The topological polar surface area (TPSA) is 113 Å². The van der Waals surface area contributed by atoms with Crippen LogP contribution in [0.3, 0.4) is 0 Å². The highest BCUT2D eigenvalue weighted by atomic mass is 32.2. The average molecular weight is 466 g/mol. The number of anilines is 1. The van der Waals surface area contributed by atoms with E-state index in [1.807, 2.05) is 6.92 Å². The number of sulfonamides is 2. The predicted molar refractivity (Wildman–Crippen MR) is 119 cm³/mol. The van der Waals surface area contributed by atoms with E-state index in [9.17, 15) is 21.6 Å². The van der Waals surface area contributed by atoms with Gasteiger partial charge in [-0.2, -0.15) is 4.31 Å². The SMILES string of the molecule is Cc1ccc(S(=O)(=O)NCC(=O)Nc2cccc(S(=O)(=O)N3CCCCCC3)c2)cc1. The van der Waals surface area contributed by atoms with E-state index in [1.54, 1.807) is 24.3 Å². The quantitative estimate of drug-likeness (QED) is 0.652. The summed E-state index contributed by atoms with van der Waals surface area (Å²) in [6, 6.07) is 12.3. The summed E-state index contributed by atoms with van der Waals surface area (Å²) >= 11 is 0. The highest BCUT2D eigenvalue weighted by Crippen LogP contribution is 2.22. The molecule has 3 rings (SSSR count). The third kappa shape index (κ3) is 6.13. The molecule has 8 nitrogen and oxygen atoms in total. The van der Waals surface area contributed by atoms with Crippen LogP contribution in [0, 0.1) is 6.92 Å². The molecule has 0 atom stereocenters. The van der Waals surface area contributed by atoms with Crippen molar-refractivity contribution < 1.29 is 21.6 Å². The van der Waals surface area contributed by atoms with E-state index in [0.29, 0.717) is 13.1 Å². The summed E-state index contributed by atoms with van der Waals surface area (Å²) in [5, 5.41) is 2.55. The van der Waals surface area contributed by atoms with Crippen LogP contribution in [-0.2, 0) is 24.8 Å². The van der Waals surface area contributed by atoms with Gasteiger partial charge in [-0.05, 0) is 50.1 Å². The molecule has 10 heteroatoms. The first-order valence-electron chi connectivity index (χ1n) is 10.1. The zero-order chi connectivity index (χ0) is 22.5. The van der Waals surface area contributed by atoms with Crippen molar-refractivity contribution in [1.29, 1.82) is 0 Å². The molecule has 0 radical (unpaired) electrons. The lowest BCUT2D eigenvalue weighted by atomic mass is 10.2. The van der Waals surface area contributed by atoms with Crippen molar-refractivity contribution in [3.8, 4) is 0 Å². The average Bonchev–Trinajstić information content (AvgIpc) is 3.03. The van der Waals surface area contributed by atoms with E-state index in [0.717, 1.165) is 31.2 Å². The molecular formula is C21H27N3O5S2. The van der Waals surface area contributed by atoms with E-state index >= 15 is 0 Å². The molecule has 0 spiro atoms. The number of carbonyl (C=O) groups is 1. The number of amides is 1. The first-order chi connectivity index (χ1) is 14.7. The molecule has 1 heterocycles. The zero-order valence-electron chi connectivity index (χ0n) is 17.4. The lowest BCUT2D eigenvalue weighted by Gasteiger charge is -2.20. The van der Waals surface area contributed by atoms with Crippen LogP contribution in [0.25, 0.3) is 0 Å². The fourth-order valence-corrected chi connectivity index (χ4v) is 5.88. The van der Waals surface area contributed by atoms with Crippen LogP contribution in [0.4, 0.5) is 5.69 Å². The van der Waals surface area contributed by atoms with E-state index in [-0.39, 0.29) is 15.5 Å². The molecule has 168 valence electrons. The Labute approximate surface area is 183 Å². The molecular weight excluding hydrogens is 438 g/mol. The third-order valence-corrected chi connectivity index (χ3v) is 8.39. The fraction of sp³-hybridized carbons (Fsp3) is 0.381. The predicted octanol–water partition coefficient (Wildman–Crippen LogP) is 2.48. The standard InChI is InChI=1S/C21H27N3O5S2/c1-17-9-11-19(12-10-17)30(26,27)22-16-21(25)23-18-7-6-8-20(15-18)31(28,29)24-13-4-2-3-5-14-24/h6-12,15,22H,2-5,13-14,16H2,1H3,(H,23,25). The Morgan fingerprint density at radius 3 is 2.19 bits per heavy atom. The van der Waals surface area contributed by atoms with Gasteiger partial charge in [-0.25, -0.2) is 21.6 Å². The van der Waals surface area contributed by atoms with Gasteiger partial charge >= 0.3 is 0 Å². The lowest BCUT2D eigenvalue weighted by Crippen LogP contribution is -2.33. The Bertz CT molecular complexity index is 1120. The molecule has 1 saturated heterocycles. The van der Waals surface area contributed by atoms with E-state index in [2.05, 4.69) is 10.0 Å². The number of carbonyl (C=O) groups excluding carboxylic acids is 1. The molecule has 1 aliphatic heterocycles. The summed E-state index contributed by atoms with van der Waals surface area (Å²) in [5.74, 6) is -0.597. The van der Waals surface area contributed by atoms with Crippen LogP contribution in [0.5, 0.6) is 0 Å². The molecule has 0 bridgehead atoms. The second-order valence-electron chi connectivity index (χ2n) is 7.53. The molecule has 0 aromatic heterocycles. The lowest BCUT2D eigenvalue weighted by molar-refractivity contribution is -0.115. The number of nitrogens with one attached hydrogen (secondary N) is 2. The van der Waals surface area contributed by atoms with Crippen LogP contribution in [0.2, 0.25) is 0 Å². The third-order valence-electron chi connectivity index (χ3n) is 5.07. The van der Waals surface area contributed by atoms with Gasteiger partial charge in [0.1, 0.15) is 0 Å². The molecule has 0 saturated carbocycles. The van der Waals surface area contributed by atoms with Crippen molar-refractivity contribution in [2.75, 3.05) is 25.0 Å². The Hall–Kier alpha value is -2.27. The van der Waals surface area contributed by atoms with E-state index < -0.39 is 32.5 Å².